The average molecular weight is 459 g/mol. The molecule has 1 N–H and O–H groups in total. The monoisotopic (exact) mass is 459 g/mol. The fraction of sp³-hybridized carbons (Fsp3) is 0.467. The molecule has 0 bridgehead atoms. The van der Waals surface area contributed by atoms with Crippen molar-refractivity contribution in [1.29, 1.82) is 0 Å². The second-order valence-corrected chi connectivity index (χ2v) is 6.05. The summed E-state index contributed by atoms with van der Waals surface area (Å²) >= 11 is 0. The molecule has 1 amide bonds. The van der Waals surface area contributed by atoms with Crippen LogP contribution in [0.25, 0.3) is 0 Å². The summed E-state index contributed by atoms with van der Waals surface area (Å²) in [4.78, 5) is 22.9. The lowest BCUT2D eigenvalue weighted by molar-refractivity contribution is -0.475. The minimum Gasteiger partial charge on any atom is -0.465 e. The maximum atomic E-state index is 14.5. The van der Waals surface area contributed by atoms with Gasteiger partial charge in [-0.15, -0.1) is 0 Å². The quantitative estimate of drug-likeness (QED) is 0.542. The Morgan fingerprint density at radius 1 is 0.700 bits per heavy atom. The van der Waals surface area contributed by atoms with Crippen LogP contribution in [-0.2, 0) is 9.53 Å². The van der Waals surface area contributed by atoms with Crippen LogP contribution in [0, 0.1) is 0 Å². The number of nitrogens with one attached hydrogen (secondary N) is 1. The number of anilines is 1. The number of methoxy groups -OCH3 is 1. The van der Waals surface area contributed by atoms with Crippen molar-refractivity contribution >= 4 is 17.6 Å². The van der Waals surface area contributed by atoms with Gasteiger partial charge < -0.3 is 10.1 Å². The summed E-state index contributed by atoms with van der Waals surface area (Å²) in [5, 5.41) is 0.913. The number of carbonyl (C=O) groups excluding carboxylic acids is 2. The summed E-state index contributed by atoms with van der Waals surface area (Å²) in [5.74, 6) is -41.2. The van der Waals surface area contributed by atoms with Crippen LogP contribution in [-0.4, -0.2) is 54.3 Å². The molecule has 1 aliphatic carbocycles. The maximum Gasteiger partial charge on any atom is 0.384 e. The van der Waals surface area contributed by atoms with Crippen LogP contribution >= 0.6 is 0 Å². The zero-order valence-corrected chi connectivity index (χ0v) is 14.2. The van der Waals surface area contributed by atoms with Crippen molar-refractivity contribution in [1.82, 2.24) is 0 Å². The summed E-state index contributed by atoms with van der Waals surface area (Å²) in [6.07, 6.45) is 0. The van der Waals surface area contributed by atoms with Crippen molar-refractivity contribution in [3.05, 3.63) is 29.8 Å². The van der Waals surface area contributed by atoms with Gasteiger partial charge in [-0.1, -0.05) is 0 Å². The van der Waals surface area contributed by atoms with E-state index in [9.17, 15) is 57.9 Å². The minimum absolute atomic E-state index is 0.267. The highest BCUT2D eigenvalue weighted by Gasteiger charge is 3.02. The molecule has 4 nitrogen and oxygen atoms in total. The van der Waals surface area contributed by atoms with Crippen LogP contribution < -0.4 is 5.32 Å². The first kappa shape index (κ1) is 23.7. The Hall–Kier alpha value is -2.61. The fourth-order valence-electron chi connectivity index (χ4n) is 2.53. The van der Waals surface area contributed by atoms with Gasteiger partial charge >= 0.3 is 41.3 Å². The van der Waals surface area contributed by atoms with Crippen LogP contribution in [0.3, 0.4) is 0 Å². The van der Waals surface area contributed by atoms with Crippen molar-refractivity contribution in [2.24, 2.45) is 0 Å². The third kappa shape index (κ3) is 2.52. The predicted octanol–water partition coefficient (Wildman–Crippen LogP) is 4.31. The number of halogens is 11. The van der Waals surface area contributed by atoms with Crippen LogP contribution in [0.15, 0.2) is 24.3 Å². The summed E-state index contributed by atoms with van der Waals surface area (Å²) in [7, 11) is 0.939. The summed E-state index contributed by atoms with van der Waals surface area (Å²) in [5.41, 5.74) is -7.97. The first-order chi connectivity index (χ1) is 13.3. The van der Waals surface area contributed by atoms with Gasteiger partial charge in [0.1, 0.15) is 0 Å². The number of hydrogen-bond acceptors (Lipinski definition) is 3. The average Bonchev–Trinajstić information content (AvgIpc) is 2.65. The lowest BCUT2D eigenvalue weighted by Gasteiger charge is -2.51. The molecule has 1 aliphatic rings. The van der Waals surface area contributed by atoms with Crippen LogP contribution in [0.5, 0.6) is 0 Å². The Bertz CT molecular complexity index is 837. The molecule has 0 heterocycles. The summed E-state index contributed by atoms with van der Waals surface area (Å²) in [6, 6.07) is 2.69. The lowest BCUT2D eigenvalue weighted by Crippen LogP contribution is -2.86. The second-order valence-electron chi connectivity index (χ2n) is 6.05. The number of amides is 1. The molecule has 1 saturated carbocycles. The Morgan fingerprint density at radius 2 is 1.07 bits per heavy atom. The molecular weight excluding hydrogens is 451 g/mol. The van der Waals surface area contributed by atoms with E-state index >= 15 is 0 Å². The van der Waals surface area contributed by atoms with Crippen molar-refractivity contribution in [2.75, 3.05) is 12.4 Å². The van der Waals surface area contributed by atoms with E-state index in [0.29, 0.717) is 12.1 Å². The molecule has 168 valence electrons. The fourth-order valence-corrected chi connectivity index (χ4v) is 2.53. The maximum absolute atomic E-state index is 14.5. The van der Waals surface area contributed by atoms with E-state index in [0.717, 1.165) is 24.6 Å². The second kappa shape index (κ2) is 6.44. The molecule has 0 aliphatic heterocycles. The molecule has 30 heavy (non-hydrogen) atoms. The predicted molar refractivity (Wildman–Crippen MR) is 75.0 cm³/mol. The van der Waals surface area contributed by atoms with Gasteiger partial charge in [0.15, 0.2) is 0 Å². The van der Waals surface area contributed by atoms with E-state index in [1.807, 2.05) is 0 Å². The topological polar surface area (TPSA) is 55.4 Å². The normalized spacial score (nSPS) is 24.5. The molecule has 0 unspecified atom stereocenters. The van der Waals surface area contributed by atoms with Gasteiger partial charge in [0.2, 0.25) is 0 Å². The summed E-state index contributed by atoms with van der Waals surface area (Å²) < 4.78 is 154. The van der Waals surface area contributed by atoms with Gasteiger partial charge in [-0.2, -0.15) is 43.9 Å². The first-order valence-electron chi connectivity index (χ1n) is 7.42. The molecule has 0 aromatic heterocycles. The highest BCUT2D eigenvalue weighted by Crippen LogP contribution is 2.69. The van der Waals surface area contributed by atoms with Gasteiger partial charge in [0.05, 0.1) is 12.7 Å². The third-order valence-corrected chi connectivity index (χ3v) is 4.32. The van der Waals surface area contributed by atoms with Gasteiger partial charge in [0.25, 0.3) is 5.91 Å². The highest BCUT2D eigenvalue weighted by atomic mass is 19.4. The Balaban J connectivity index is 2.56. The zero-order chi connectivity index (χ0) is 23.6. The van der Waals surface area contributed by atoms with E-state index < -0.39 is 52.8 Å². The smallest absolute Gasteiger partial charge is 0.384 e. The third-order valence-electron chi connectivity index (χ3n) is 4.32. The van der Waals surface area contributed by atoms with Gasteiger partial charge in [-0.05, 0) is 24.3 Å². The van der Waals surface area contributed by atoms with Gasteiger partial charge in [0, 0.05) is 5.69 Å². The molecule has 2 rings (SSSR count). The van der Waals surface area contributed by atoms with Crippen LogP contribution in [0.2, 0.25) is 0 Å². The molecule has 1 aromatic carbocycles. The number of benzene rings is 1. The van der Waals surface area contributed by atoms with E-state index in [4.69, 9.17) is 0 Å². The molecule has 0 saturated heterocycles. The number of hydrogen-bond donors (Lipinski definition) is 1. The standard InChI is InChI=1S/C15H8F11NO3/c1-30-8(28)6-2-4-7(5-3-6)27-9(29)10(16)11(17,18)13(21,22)15(25,26)14(23,24)12(10,19)20/h2-5H,1H3,(H,27,29). The number of carbonyl (C=O) groups is 2. The molecular formula is C15H8F11NO3. The number of alkyl halides is 11. The van der Waals surface area contributed by atoms with Crippen LogP contribution in [0.1, 0.15) is 10.4 Å². The van der Waals surface area contributed by atoms with Crippen molar-refractivity contribution in [3.63, 3.8) is 0 Å². The molecule has 0 spiro atoms. The van der Waals surface area contributed by atoms with E-state index in [1.165, 1.54) is 0 Å². The zero-order valence-electron chi connectivity index (χ0n) is 14.2. The van der Waals surface area contributed by atoms with Crippen molar-refractivity contribution in [3.8, 4) is 0 Å². The molecule has 0 radical (unpaired) electrons. The molecule has 1 aromatic rings. The Kier molecular flexibility index (Phi) is 5.08. The molecule has 15 heteroatoms. The number of ether oxygens (including phenoxy) is 1. The number of rotatable bonds is 3. The Morgan fingerprint density at radius 3 is 1.43 bits per heavy atom. The first-order valence-corrected chi connectivity index (χ1v) is 7.42. The summed E-state index contributed by atoms with van der Waals surface area (Å²) in [6.45, 7) is 0. The van der Waals surface area contributed by atoms with Crippen molar-refractivity contribution in [2.45, 2.75) is 35.3 Å². The SMILES string of the molecule is COC(=O)c1ccc(NC(=O)C2(F)C(F)(F)C(F)(F)C(F)(F)C(F)(F)C2(F)F)cc1. The van der Waals surface area contributed by atoms with E-state index in [2.05, 4.69) is 4.74 Å². The van der Waals surface area contributed by atoms with Crippen LogP contribution in [0.4, 0.5) is 54.0 Å². The van der Waals surface area contributed by atoms with E-state index in [1.54, 1.807) is 0 Å². The highest BCUT2D eigenvalue weighted by molar-refractivity contribution is 6.00. The molecule has 1 fully saturated rings. The van der Waals surface area contributed by atoms with E-state index in [-0.39, 0.29) is 5.56 Å². The van der Waals surface area contributed by atoms with Gasteiger partial charge in [-0.3, -0.25) is 4.79 Å². The van der Waals surface area contributed by atoms with Crippen molar-refractivity contribution < 1.29 is 62.6 Å². The largest absolute Gasteiger partial charge is 0.465 e. The lowest BCUT2D eigenvalue weighted by atomic mass is 9.71. The Labute approximate surface area is 159 Å². The van der Waals surface area contributed by atoms with Gasteiger partial charge in [-0.25, -0.2) is 9.18 Å². The number of esters is 1. The minimum atomic E-state index is -7.41. The molecule has 0 atom stereocenters.